The van der Waals surface area contributed by atoms with Gasteiger partial charge in [0.25, 0.3) is 5.69 Å². The Bertz CT molecular complexity index is 472. The summed E-state index contributed by atoms with van der Waals surface area (Å²) in [6.45, 7) is 4.96. The van der Waals surface area contributed by atoms with E-state index in [1.807, 2.05) is 0 Å². The van der Waals surface area contributed by atoms with Gasteiger partial charge < -0.3 is 0 Å². The van der Waals surface area contributed by atoms with Gasteiger partial charge in [0.2, 0.25) is 0 Å². The van der Waals surface area contributed by atoms with Crippen LogP contribution in [0, 0.1) is 21.4 Å². The molecule has 1 aliphatic heterocycles. The largest absolute Gasteiger partial charge is 0.297 e. The number of nitriles is 1. The maximum Gasteiger partial charge on any atom is 0.269 e. The summed E-state index contributed by atoms with van der Waals surface area (Å²) in [6.07, 6.45) is 0. The third kappa shape index (κ3) is 3.74. The second-order valence-electron chi connectivity index (χ2n) is 4.63. The van der Waals surface area contributed by atoms with Gasteiger partial charge in [-0.15, -0.1) is 0 Å². The quantitative estimate of drug-likeness (QED) is 0.462. The fraction of sp³-hybridized carbons (Fsp3) is 0.462. The Balaban J connectivity index is 1.85. The first-order valence-corrected chi connectivity index (χ1v) is 6.24. The first-order valence-electron chi connectivity index (χ1n) is 6.24. The second kappa shape index (κ2) is 6.27. The van der Waals surface area contributed by atoms with Gasteiger partial charge in [-0.05, 0) is 5.56 Å². The van der Waals surface area contributed by atoms with E-state index in [0.717, 1.165) is 38.3 Å². The fourth-order valence-electron chi connectivity index (χ4n) is 2.19. The average molecular weight is 260 g/mol. The molecule has 0 aliphatic carbocycles. The molecular formula is C13H16N4O2. The lowest BCUT2D eigenvalue weighted by atomic mass is 10.2. The molecule has 6 nitrogen and oxygen atoms in total. The zero-order valence-corrected chi connectivity index (χ0v) is 10.7. The van der Waals surface area contributed by atoms with E-state index in [-0.39, 0.29) is 10.6 Å². The minimum atomic E-state index is -0.384. The van der Waals surface area contributed by atoms with Crippen molar-refractivity contribution in [3.63, 3.8) is 0 Å². The molecule has 0 aromatic heterocycles. The highest BCUT2D eigenvalue weighted by Crippen LogP contribution is 2.14. The molecule has 1 aromatic rings. The summed E-state index contributed by atoms with van der Waals surface area (Å²) < 4.78 is 0. The molecule has 1 heterocycles. The number of non-ortho nitro benzene ring substituents is 1. The maximum atomic E-state index is 10.6. The van der Waals surface area contributed by atoms with Gasteiger partial charge in [0.05, 0.1) is 17.5 Å². The Kier molecular flexibility index (Phi) is 4.44. The topological polar surface area (TPSA) is 73.4 Å². The molecule has 0 amide bonds. The van der Waals surface area contributed by atoms with Crippen LogP contribution in [0.25, 0.3) is 0 Å². The molecule has 1 aromatic carbocycles. The number of rotatable bonds is 4. The molecule has 0 saturated carbocycles. The number of nitro groups is 1. The number of nitrogens with zero attached hydrogens (tertiary/aromatic N) is 4. The van der Waals surface area contributed by atoms with Crippen LogP contribution < -0.4 is 0 Å². The molecule has 0 atom stereocenters. The zero-order valence-electron chi connectivity index (χ0n) is 10.7. The minimum Gasteiger partial charge on any atom is -0.297 e. The van der Waals surface area contributed by atoms with Crippen LogP contribution in [0.2, 0.25) is 0 Å². The van der Waals surface area contributed by atoms with Gasteiger partial charge in [-0.1, -0.05) is 12.1 Å². The second-order valence-corrected chi connectivity index (χ2v) is 4.63. The summed E-state index contributed by atoms with van der Waals surface area (Å²) in [5.41, 5.74) is 1.21. The van der Waals surface area contributed by atoms with Crippen molar-refractivity contribution in [2.24, 2.45) is 0 Å². The molecule has 0 bridgehead atoms. The van der Waals surface area contributed by atoms with Crippen molar-refractivity contribution in [1.29, 1.82) is 5.26 Å². The van der Waals surface area contributed by atoms with Crippen molar-refractivity contribution in [1.82, 2.24) is 9.80 Å². The van der Waals surface area contributed by atoms with Gasteiger partial charge in [-0.2, -0.15) is 5.26 Å². The van der Waals surface area contributed by atoms with Gasteiger partial charge in [0, 0.05) is 44.9 Å². The summed E-state index contributed by atoms with van der Waals surface area (Å²) in [5, 5.41) is 19.2. The molecule has 6 heteroatoms. The number of benzene rings is 1. The molecule has 0 N–H and O–H groups in total. The van der Waals surface area contributed by atoms with Crippen molar-refractivity contribution in [3.8, 4) is 6.07 Å². The maximum absolute atomic E-state index is 10.6. The third-order valence-corrected chi connectivity index (χ3v) is 3.31. The highest BCUT2D eigenvalue weighted by Gasteiger charge is 2.16. The number of hydrogen-bond donors (Lipinski definition) is 0. The van der Waals surface area contributed by atoms with Gasteiger partial charge >= 0.3 is 0 Å². The van der Waals surface area contributed by atoms with Crippen LogP contribution in [0.15, 0.2) is 24.3 Å². The Labute approximate surface area is 112 Å². The lowest BCUT2D eigenvalue weighted by Gasteiger charge is -2.33. The predicted octanol–water partition coefficient (Wildman–Crippen LogP) is 1.24. The summed E-state index contributed by atoms with van der Waals surface area (Å²) in [5.74, 6) is 0. The van der Waals surface area contributed by atoms with E-state index in [4.69, 9.17) is 5.26 Å². The Morgan fingerprint density at radius 3 is 2.26 bits per heavy atom. The van der Waals surface area contributed by atoms with Crippen LogP contribution >= 0.6 is 0 Å². The average Bonchev–Trinajstić information content (AvgIpc) is 2.42. The standard InChI is InChI=1S/C13H16N4O2/c14-5-6-15-7-9-16(10-8-15)11-12-1-3-13(4-2-12)17(18)19/h1-4H,6-11H2. The van der Waals surface area contributed by atoms with E-state index in [1.165, 1.54) is 0 Å². The Hall–Kier alpha value is -1.97. The van der Waals surface area contributed by atoms with E-state index in [1.54, 1.807) is 24.3 Å². The van der Waals surface area contributed by atoms with E-state index in [9.17, 15) is 10.1 Å². The van der Waals surface area contributed by atoms with Gasteiger partial charge in [-0.3, -0.25) is 19.9 Å². The van der Waals surface area contributed by atoms with E-state index < -0.39 is 0 Å². The van der Waals surface area contributed by atoms with Crippen LogP contribution in [0.3, 0.4) is 0 Å². The van der Waals surface area contributed by atoms with Crippen molar-refractivity contribution in [3.05, 3.63) is 39.9 Å². The molecule has 1 aliphatic rings. The van der Waals surface area contributed by atoms with E-state index in [2.05, 4.69) is 15.9 Å². The molecule has 2 rings (SSSR count). The number of hydrogen-bond acceptors (Lipinski definition) is 5. The summed E-state index contributed by atoms with van der Waals surface area (Å²) in [4.78, 5) is 14.6. The van der Waals surface area contributed by atoms with E-state index >= 15 is 0 Å². The molecular weight excluding hydrogens is 244 g/mol. The molecule has 0 unspecified atom stereocenters. The van der Waals surface area contributed by atoms with Gasteiger partial charge in [-0.25, -0.2) is 0 Å². The van der Waals surface area contributed by atoms with Crippen LogP contribution in [-0.4, -0.2) is 47.4 Å². The summed E-state index contributed by atoms with van der Waals surface area (Å²) in [6, 6.07) is 8.86. The monoisotopic (exact) mass is 260 g/mol. The summed E-state index contributed by atoms with van der Waals surface area (Å²) >= 11 is 0. The fourth-order valence-corrected chi connectivity index (χ4v) is 2.19. The number of piperazine rings is 1. The van der Waals surface area contributed by atoms with Crippen molar-refractivity contribution < 1.29 is 4.92 Å². The molecule has 100 valence electrons. The Morgan fingerprint density at radius 1 is 1.16 bits per heavy atom. The van der Waals surface area contributed by atoms with Crippen molar-refractivity contribution >= 4 is 5.69 Å². The van der Waals surface area contributed by atoms with Gasteiger partial charge in [0.15, 0.2) is 0 Å². The molecule has 1 saturated heterocycles. The van der Waals surface area contributed by atoms with Crippen LogP contribution in [-0.2, 0) is 6.54 Å². The van der Waals surface area contributed by atoms with Crippen LogP contribution in [0.1, 0.15) is 5.56 Å². The highest BCUT2D eigenvalue weighted by molar-refractivity contribution is 5.32. The summed E-state index contributed by atoms with van der Waals surface area (Å²) in [7, 11) is 0. The highest BCUT2D eigenvalue weighted by atomic mass is 16.6. The van der Waals surface area contributed by atoms with E-state index in [0.29, 0.717) is 6.54 Å². The van der Waals surface area contributed by atoms with Crippen molar-refractivity contribution in [2.45, 2.75) is 6.54 Å². The van der Waals surface area contributed by atoms with Crippen LogP contribution in [0.5, 0.6) is 0 Å². The Morgan fingerprint density at radius 2 is 1.74 bits per heavy atom. The van der Waals surface area contributed by atoms with Crippen LogP contribution in [0.4, 0.5) is 5.69 Å². The zero-order chi connectivity index (χ0) is 13.7. The molecule has 0 spiro atoms. The molecule has 0 radical (unpaired) electrons. The lowest BCUT2D eigenvalue weighted by molar-refractivity contribution is -0.384. The van der Waals surface area contributed by atoms with Crippen molar-refractivity contribution in [2.75, 3.05) is 32.7 Å². The molecule has 1 fully saturated rings. The molecule has 19 heavy (non-hydrogen) atoms. The van der Waals surface area contributed by atoms with Gasteiger partial charge in [0.1, 0.15) is 0 Å². The predicted molar refractivity (Wildman–Crippen MR) is 70.4 cm³/mol. The first-order chi connectivity index (χ1) is 9.19. The SMILES string of the molecule is N#CCN1CCN(Cc2ccc([N+](=O)[O-])cc2)CC1. The first kappa shape index (κ1) is 13.5. The normalized spacial score (nSPS) is 17.0. The number of nitro benzene ring substituents is 1. The smallest absolute Gasteiger partial charge is 0.269 e. The third-order valence-electron chi connectivity index (χ3n) is 3.31. The minimum absolute atomic E-state index is 0.127. The lowest BCUT2D eigenvalue weighted by Crippen LogP contribution is -2.45.